The lowest BCUT2D eigenvalue weighted by atomic mass is 10.1. The average Bonchev–Trinajstić information content (AvgIpc) is 2.65. The molecule has 0 spiro atoms. The van der Waals surface area contributed by atoms with Crippen LogP contribution in [0, 0.1) is 0 Å². The standard InChI is InChI=1S/C15H24N2O/c1-12(16)15(14-10-6-7-11-17-14)18-13-8-4-2-3-5-9-13/h6-7,10-13,15H,2-5,8-9,16H2,1H3. The maximum Gasteiger partial charge on any atom is 0.115 e. The summed E-state index contributed by atoms with van der Waals surface area (Å²) in [6.45, 7) is 2.00. The van der Waals surface area contributed by atoms with Crippen LogP contribution < -0.4 is 5.73 Å². The minimum atomic E-state index is -0.0747. The Bertz CT molecular complexity index is 332. The van der Waals surface area contributed by atoms with Crippen LogP contribution in [0.15, 0.2) is 24.4 Å². The first-order valence-corrected chi connectivity index (χ1v) is 7.09. The third-order valence-electron chi connectivity index (χ3n) is 3.60. The molecule has 1 saturated carbocycles. The van der Waals surface area contributed by atoms with Crippen molar-refractivity contribution in [1.82, 2.24) is 4.98 Å². The topological polar surface area (TPSA) is 48.1 Å². The van der Waals surface area contributed by atoms with Crippen LogP contribution in [0.1, 0.15) is 57.2 Å². The number of pyridine rings is 1. The van der Waals surface area contributed by atoms with Crippen molar-refractivity contribution in [2.45, 2.75) is 63.7 Å². The fourth-order valence-corrected chi connectivity index (χ4v) is 2.59. The van der Waals surface area contributed by atoms with Crippen molar-refractivity contribution >= 4 is 0 Å². The second kappa shape index (κ2) is 6.86. The van der Waals surface area contributed by atoms with Crippen molar-refractivity contribution < 1.29 is 4.74 Å². The maximum absolute atomic E-state index is 6.23. The van der Waals surface area contributed by atoms with Crippen LogP contribution in [0.25, 0.3) is 0 Å². The Balaban J connectivity index is 2.02. The van der Waals surface area contributed by atoms with Crippen LogP contribution in [-0.4, -0.2) is 17.1 Å². The predicted octanol–water partition coefficient (Wildman–Crippen LogP) is 3.21. The van der Waals surface area contributed by atoms with Crippen molar-refractivity contribution in [2.24, 2.45) is 5.73 Å². The molecule has 100 valence electrons. The predicted molar refractivity (Wildman–Crippen MR) is 73.2 cm³/mol. The summed E-state index contributed by atoms with van der Waals surface area (Å²) in [6.07, 6.45) is 9.64. The van der Waals surface area contributed by atoms with Gasteiger partial charge in [0.25, 0.3) is 0 Å². The molecule has 2 unspecified atom stereocenters. The van der Waals surface area contributed by atoms with Crippen LogP contribution in [0.2, 0.25) is 0 Å². The van der Waals surface area contributed by atoms with Gasteiger partial charge in [0, 0.05) is 12.2 Å². The summed E-state index contributed by atoms with van der Waals surface area (Å²) >= 11 is 0. The fraction of sp³-hybridized carbons (Fsp3) is 0.667. The zero-order valence-electron chi connectivity index (χ0n) is 11.2. The van der Waals surface area contributed by atoms with Crippen molar-refractivity contribution in [2.75, 3.05) is 0 Å². The van der Waals surface area contributed by atoms with Gasteiger partial charge in [0.05, 0.1) is 11.8 Å². The lowest BCUT2D eigenvalue weighted by molar-refractivity contribution is -0.0329. The van der Waals surface area contributed by atoms with Crippen molar-refractivity contribution in [3.63, 3.8) is 0 Å². The molecule has 3 heteroatoms. The second-order valence-electron chi connectivity index (χ2n) is 5.28. The first-order valence-electron chi connectivity index (χ1n) is 7.09. The lowest BCUT2D eigenvalue weighted by Crippen LogP contribution is -2.31. The molecule has 1 fully saturated rings. The molecule has 1 aromatic heterocycles. The Kier molecular flexibility index (Phi) is 5.14. The van der Waals surface area contributed by atoms with Gasteiger partial charge in [0.15, 0.2) is 0 Å². The largest absolute Gasteiger partial charge is 0.367 e. The van der Waals surface area contributed by atoms with E-state index >= 15 is 0 Å². The SMILES string of the molecule is CC(N)C(OC1CCCCCC1)c1ccccn1. The van der Waals surface area contributed by atoms with E-state index in [0.717, 1.165) is 18.5 Å². The molecule has 1 aromatic rings. The smallest absolute Gasteiger partial charge is 0.115 e. The zero-order chi connectivity index (χ0) is 12.8. The molecule has 2 N–H and O–H groups in total. The Labute approximate surface area is 110 Å². The van der Waals surface area contributed by atoms with Gasteiger partial charge in [-0.1, -0.05) is 31.7 Å². The number of ether oxygens (including phenoxy) is 1. The van der Waals surface area contributed by atoms with E-state index in [2.05, 4.69) is 4.98 Å². The molecule has 0 aromatic carbocycles. The maximum atomic E-state index is 6.23. The van der Waals surface area contributed by atoms with E-state index in [1.54, 1.807) is 6.20 Å². The molecule has 3 nitrogen and oxygen atoms in total. The van der Waals surface area contributed by atoms with Gasteiger partial charge < -0.3 is 10.5 Å². The van der Waals surface area contributed by atoms with Crippen LogP contribution in [0.3, 0.4) is 0 Å². The van der Waals surface area contributed by atoms with Crippen molar-refractivity contribution in [3.05, 3.63) is 30.1 Å². The van der Waals surface area contributed by atoms with Gasteiger partial charge in [-0.05, 0) is 31.9 Å². The average molecular weight is 248 g/mol. The number of aromatic nitrogens is 1. The Morgan fingerprint density at radius 1 is 1.22 bits per heavy atom. The third-order valence-corrected chi connectivity index (χ3v) is 3.60. The quantitative estimate of drug-likeness (QED) is 0.832. The molecule has 2 rings (SSSR count). The number of nitrogens with two attached hydrogens (primary N) is 1. The van der Waals surface area contributed by atoms with Gasteiger partial charge in [0.2, 0.25) is 0 Å². The Morgan fingerprint density at radius 3 is 2.50 bits per heavy atom. The highest BCUT2D eigenvalue weighted by molar-refractivity contribution is 5.08. The molecular formula is C15H24N2O. The van der Waals surface area contributed by atoms with E-state index < -0.39 is 0 Å². The number of hydrogen-bond donors (Lipinski definition) is 1. The van der Waals surface area contributed by atoms with Crippen LogP contribution in [0.4, 0.5) is 0 Å². The van der Waals surface area contributed by atoms with E-state index in [1.807, 2.05) is 25.1 Å². The summed E-state index contributed by atoms with van der Waals surface area (Å²) < 4.78 is 6.23. The first kappa shape index (κ1) is 13.5. The monoisotopic (exact) mass is 248 g/mol. The van der Waals surface area contributed by atoms with Crippen LogP contribution in [-0.2, 0) is 4.74 Å². The highest BCUT2D eigenvalue weighted by Crippen LogP contribution is 2.27. The molecule has 1 aliphatic rings. The Morgan fingerprint density at radius 2 is 1.94 bits per heavy atom. The summed E-state index contributed by atoms with van der Waals surface area (Å²) in [5.74, 6) is 0. The van der Waals surface area contributed by atoms with Crippen molar-refractivity contribution in [3.8, 4) is 0 Å². The molecule has 0 radical (unpaired) electrons. The molecule has 0 bridgehead atoms. The molecule has 0 amide bonds. The van der Waals surface area contributed by atoms with Gasteiger partial charge in [-0.2, -0.15) is 0 Å². The molecule has 0 saturated heterocycles. The van der Waals surface area contributed by atoms with E-state index in [-0.39, 0.29) is 12.1 Å². The number of rotatable bonds is 4. The summed E-state index contributed by atoms with van der Waals surface area (Å²) in [6, 6.07) is 5.90. The molecule has 1 aliphatic carbocycles. The molecule has 18 heavy (non-hydrogen) atoms. The highest BCUT2D eigenvalue weighted by atomic mass is 16.5. The lowest BCUT2D eigenvalue weighted by Gasteiger charge is -2.26. The van der Waals surface area contributed by atoms with Crippen LogP contribution >= 0.6 is 0 Å². The second-order valence-corrected chi connectivity index (χ2v) is 5.28. The van der Waals surface area contributed by atoms with Gasteiger partial charge >= 0.3 is 0 Å². The summed E-state index contributed by atoms with van der Waals surface area (Å²) in [4.78, 5) is 4.38. The Hall–Kier alpha value is -0.930. The summed E-state index contributed by atoms with van der Waals surface area (Å²) in [7, 11) is 0. The normalized spacial score (nSPS) is 21.2. The third kappa shape index (κ3) is 3.79. The fourth-order valence-electron chi connectivity index (χ4n) is 2.59. The van der Waals surface area contributed by atoms with Gasteiger partial charge in [0.1, 0.15) is 6.10 Å². The molecule has 1 heterocycles. The van der Waals surface area contributed by atoms with E-state index in [1.165, 1.54) is 25.7 Å². The van der Waals surface area contributed by atoms with Gasteiger partial charge in [-0.15, -0.1) is 0 Å². The molecule has 2 atom stereocenters. The van der Waals surface area contributed by atoms with Gasteiger partial charge in [-0.25, -0.2) is 0 Å². The van der Waals surface area contributed by atoms with Gasteiger partial charge in [-0.3, -0.25) is 4.98 Å². The molecule has 0 aliphatic heterocycles. The minimum absolute atomic E-state index is 0.0249. The summed E-state index contributed by atoms with van der Waals surface area (Å²) in [5, 5.41) is 0. The first-order chi connectivity index (χ1) is 8.77. The van der Waals surface area contributed by atoms with Crippen molar-refractivity contribution in [1.29, 1.82) is 0 Å². The molecular weight excluding hydrogens is 224 g/mol. The van der Waals surface area contributed by atoms with E-state index in [4.69, 9.17) is 10.5 Å². The van der Waals surface area contributed by atoms with Crippen LogP contribution in [0.5, 0.6) is 0 Å². The number of hydrogen-bond acceptors (Lipinski definition) is 3. The number of nitrogens with zero attached hydrogens (tertiary/aromatic N) is 1. The zero-order valence-corrected chi connectivity index (χ0v) is 11.2. The summed E-state index contributed by atoms with van der Waals surface area (Å²) in [5.41, 5.74) is 7.02. The van der Waals surface area contributed by atoms with E-state index in [9.17, 15) is 0 Å². The van der Waals surface area contributed by atoms with E-state index in [0.29, 0.717) is 6.10 Å². The highest BCUT2D eigenvalue weighted by Gasteiger charge is 2.23. The minimum Gasteiger partial charge on any atom is -0.367 e.